The molecule has 8 nitrogen and oxygen atoms in total. The number of halogens is 2. The Kier molecular flexibility index (Phi) is 7.49. The third-order valence-electron chi connectivity index (χ3n) is 5.06. The first kappa shape index (κ1) is 25.2. The molecule has 0 radical (unpaired) electrons. The molecule has 3 aromatic rings. The number of hydrogen-bond donors (Lipinski definition) is 1. The zero-order valence-corrected chi connectivity index (χ0v) is 21.8. The van der Waals surface area contributed by atoms with E-state index < -0.39 is 5.60 Å². The summed E-state index contributed by atoms with van der Waals surface area (Å²) in [6, 6.07) is 10.4. The number of aromatic nitrogens is 2. The van der Waals surface area contributed by atoms with E-state index in [0.29, 0.717) is 51.0 Å². The van der Waals surface area contributed by atoms with E-state index >= 15 is 0 Å². The van der Waals surface area contributed by atoms with Gasteiger partial charge < -0.3 is 14.4 Å². The Hall–Kier alpha value is -2.88. The molecule has 0 atom stereocenters. The van der Waals surface area contributed by atoms with Crippen LogP contribution in [-0.4, -0.2) is 39.2 Å². The third kappa shape index (κ3) is 6.62. The second kappa shape index (κ2) is 10.4. The normalized spacial score (nSPS) is 13.2. The van der Waals surface area contributed by atoms with Crippen molar-refractivity contribution >= 4 is 51.7 Å². The highest BCUT2D eigenvalue weighted by Gasteiger charge is 2.26. The zero-order chi connectivity index (χ0) is 25.2. The number of benzene rings is 2. The summed E-state index contributed by atoms with van der Waals surface area (Å²) in [6.45, 7) is 6.67. The van der Waals surface area contributed by atoms with Crippen LogP contribution in [0.25, 0.3) is 0 Å². The number of carbonyl (C=O) groups is 2. The predicted octanol–water partition coefficient (Wildman–Crippen LogP) is 5.97. The highest BCUT2D eigenvalue weighted by molar-refractivity contribution is 7.15. The minimum atomic E-state index is -0.543. The fourth-order valence-corrected chi connectivity index (χ4v) is 4.55. The molecule has 0 unspecified atom stereocenters. The molecule has 1 N–H and O–H groups in total. The first-order valence-corrected chi connectivity index (χ1v) is 12.5. The number of ether oxygens (including phenoxy) is 2. The SMILES string of the molecule is CC(C)(C)OC(=O)N1CCc2cc(C(=O)Nc3nnc(COc4ccc(Cl)cc4Cl)s3)ccc2C1. The molecule has 0 spiro atoms. The van der Waals surface area contributed by atoms with Gasteiger partial charge in [0.2, 0.25) is 5.13 Å². The Morgan fingerprint density at radius 2 is 1.91 bits per heavy atom. The first-order valence-electron chi connectivity index (χ1n) is 10.9. The van der Waals surface area contributed by atoms with Gasteiger partial charge in [-0.25, -0.2) is 4.79 Å². The molecule has 2 aromatic carbocycles. The first-order chi connectivity index (χ1) is 16.6. The maximum absolute atomic E-state index is 12.8. The number of amides is 2. The molecule has 0 fully saturated rings. The Morgan fingerprint density at radius 1 is 1.11 bits per heavy atom. The molecule has 1 aliphatic rings. The smallest absolute Gasteiger partial charge is 0.410 e. The third-order valence-corrected chi connectivity index (χ3v) is 6.41. The second-order valence-electron chi connectivity index (χ2n) is 8.95. The van der Waals surface area contributed by atoms with Gasteiger partial charge in [0, 0.05) is 23.7 Å². The standard InChI is InChI=1S/C24H24Cl2N4O4S/c1-24(2,3)34-23(32)30-9-8-14-10-15(4-5-16(14)12-30)21(31)27-22-29-28-20(35-22)13-33-19-7-6-17(25)11-18(19)26/h4-7,10-11H,8-9,12-13H2,1-3H3,(H,27,29,31). The molecule has 2 heterocycles. The van der Waals surface area contributed by atoms with Gasteiger partial charge in [0.25, 0.3) is 5.91 Å². The lowest BCUT2D eigenvalue weighted by Crippen LogP contribution is -2.39. The van der Waals surface area contributed by atoms with Crippen LogP contribution in [0.15, 0.2) is 36.4 Å². The molecular formula is C24H24Cl2N4O4S. The summed E-state index contributed by atoms with van der Waals surface area (Å²) in [5, 5.41) is 12.7. The number of anilines is 1. The van der Waals surface area contributed by atoms with E-state index in [2.05, 4.69) is 15.5 Å². The van der Waals surface area contributed by atoms with E-state index in [0.717, 1.165) is 11.1 Å². The van der Waals surface area contributed by atoms with Crippen molar-refractivity contribution in [2.75, 3.05) is 11.9 Å². The zero-order valence-electron chi connectivity index (χ0n) is 19.4. The molecule has 0 saturated carbocycles. The van der Waals surface area contributed by atoms with E-state index in [9.17, 15) is 9.59 Å². The average molecular weight is 535 g/mol. The van der Waals surface area contributed by atoms with Gasteiger partial charge in [-0.2, -0.15) is 0 Å². The summed E-state index contributed by atoms with van der Waals surface area (Å²) in [5.74, 6) is 0.197. The lowest BCUT2D eigenvalue weighted by Gasteiger charge is -2.31. The number of fused-ring (bicyclic) bond motifs is 1. The Bertz CT molecular complexity index is 1260. The fraction of sp³-hybridized carbons (Fsp3) is 0.333. The highest BCUT2D eigenvalue weighted by Crippen LogP contribution is 2.29. The average Bonchev–Trinajstić information content (AvgIpc) is 3.23. The summed E-state index contributed by atoms with van der Waals surface area (Å²) in [4.78, 5) is 26.8. The number of hydrogen-bond acceptors (Lipinski definition) is 7. The summed E-state index contributed by atoms with van der Waals surface area (Å²) < 4.78 is 11.1. The van der Waals surface area contributed by atoms with Gasteiger partial charge in [0.15, 0.2) is 5.01 Å². The van der Waals surface area contributed by atoms with Crippen molar-refractivity contribution in [2.45, 2.75) is 45.9 Å². The fourth-order valence-electron chi connectivity index (χ4n) is 3.44. The van der Waals surface area contributed by atoms with Crippen molar-refractivity contribution in [3.8, 4) is 5.75 Å². The quantitative estimate of drug-likeness (QED) is 0.433. The van der Waals surface area contributed by atoms with Crippen molar-refractivity contribution in [1.29, 1.82) is 0 Å². The van der Waals surface area contributed by atoms with Crippen molar-refractivity contribution in [3.63, 3.8) is 0 Å². The minimum absolute atomic E-state index is 0.155. The molecular weight excluding hydrogens is 511 g/mol. The van der Waals surface area contributed by atoms with E-state index in [1.54, 1.807) is 29.2 Å². The van der Waals surface area contributed by atoms with Crippen LogP contribution in [0.5, 0.6) is 5.75 Å². The molecule has 184 valence electrons. The Morgan fingerprint density at radius 3 is 2.66 bits per heavy atom. The van der Waals surface area contributed by atoms with E-state index in [4.69, 9.17) is 32.7 Å². The van der Waals surface area contributed by atoms with Crippen molar-refractivity contribution in [2.24, 2.45) is 0 Å². The van der Waals surface area contributed by atoms with Gasteiger partial charge in [0.05, 0.1) is 5.02 Å². The topological polar surface area (TPSA) is 93.7 Å². The number of nitrogens with zero attached hydrogens (tertiary/aromatic N) is 3. The summed E-state index contributed by atoms with van der Waals surface area (Å²) in [6.07, 6.45) is 0.308. The van der Waals surface area contributed by atoms with Crippen LogP contribution >= 0.6 is 34.5 Å². The number of rotatable bonds is 5. The number of nitrogens with one attached hydrogen (secondary N) is 1. The van der Waals surface area contributed by atoms with Gasteiger partial charge in [-0.05, 0) is 68.7 Å². The van der Waals surface area contributed by atoms with E-state index in [1.807, 2.05) is 32.9 Å². The molecule has 0 saturated heterocycles. The number of carbonyl (C=O) groups excluding carboxylic acids is 2. The lowest BCUT2D eigenvalue weighted by molar-refractivity contribution is 0.0224. The molecule has 1 aliphatic heterocycles. The molecule has 2 amide bonds. The van der Waals surface area contributed by atoms with Crippen LogP contribution in [0.3, 0.4) is 0 Å². The molecule has 11 heteroatoms. The van der Waals surface area contributed by atoms with Crippen molar-refractivity contribution in [1.82, 2.24) is 15.1 Å². The van der Waals surface area contributed by atoms with E-state index in [-0.39, 0.29) is 18.6 Å². The predicted molar refractivity (Wildman–Crippen MR) is 135 cm³/mol. The van der Waals surface area contributed by atoms with Crippen LogP contribution in [-0.2, 0) is 24.3 Å². The molecule has 0 bridgehead atoms. The minimum Gasteiger partial charge on any atom is -0.485 e. The summed E-state index contributed by atoms with van der Waals surface area (Å²) >= 11 is 13.2. The van der Waals surface area contributed by atoms with Gasteiger partial charge in [-0.15, -0.1) is 10.2 Å². The Balaban J connectivity index is 1.35. The second-order valence-corrected chi connectivity index (χ2v) is 10.9. The maximum atomic E-state index is 12.8. The molecule has 1 aromatic heterocycles. The highest BCUT2D eigenvalue weighted by atomic mass is 35.5. The van der Waals surface area contributed by atoms with Crippen LogP contribution in [0.4, 0.5) is 9.93 Å². The van der Waals surface area contributed by atoms with Crippen LogP contribution in [0, 0.1) is 0 Å². The Labute approximate surface area is 217 Å². The van der Waals surface area contributed by atoms with Crippen LogP contribution in [0.2, 0.25) is 10.0 Å². The summed E-state index contributed by atoms with van der Waals surface area (Å²) in [5.41, 5.74) is 1.99. The van der Waals surface area contributed by atoms with Gasteiger partial charge in [-0.1, -0.05) is 40.6 Å². The van der Waals surface area contributed by atoms with Gasteiger partial charge >= 0.3 is 6.09 Å². The maximum Gasteiger partial charge on any atom is 0.410 e. The van der Waals surface area contributed by atoms with Gasteiger partial charge in [0.1, 0.15) is 18.0 Å². The summed E-state index contributed by atoms with van der Waals surface area (Å²) in [7, 11) is 0. The molecule has 4 rings (SSSR count). The largest absolute Gasteiger partial charge is 0.485 e. The van der Waals surface area contributed by atoms with E-state index in [1.165, 1.54) is 11.3 Å². The van der Waals surface area contributed by atoms with Gasteiger partial charge in [-0.3, -0.25) is 10.1 Å². The van der Waals surface area contributed by atoms with Crippen molar-refractivity contribution in [3.05, 3.63) is 68.1 Å². The van der Waals surface area contributed by atoms with Crippen LogP contribution in [0.1, 0.15) is 47.3 Å². The van der Waals surface area contributed by atoms with Crippen LogP contribution < -0.4 is 10.1 Å². The van der Waals surface area contributed by atoms with Crippen molar-refractivity contribution < 1.29 is 19.1 Å². The molecule has 0 aliphatic carbocycles. The monoisotopic (exact) mass is 534 g/mol. The lowest BCUT2D eigenvalue weighted by atomic mass is 9.97. The molecule has 35 heavy (non-hydrogen) atoms.